The van der Waals surface area contributed by atoms with E-state index in [-0.39, 0.29) is 0 Å². The number of thiophene rings is 1. The topological polar surface area (TPSA) is 22.0 Å². The Bertz CT molecular complexity index is 442. The van der Waals surface area contributed by atoms with Gasteiger partial charge in [-0.25, -0.2) is 0 Å². The Morgan fingerprint density at radius 3 is 3.00 bits per heavy atom. The molecule has 0 aliphatic heterocycles. The van der Waals surface area contributed by atoms with E-state index in [4.69, 9.17) is 0 Å². The summed E-state index contributed by atoms with van der Waals surface area (Å²) in [4.78, 5) is 10.7. The van der Waals surface area contributed by atoms with Crippen LogP contribution in [0, 0.1) is 6.92 Å². The summed E-state index contributed by atoms with van der Waals surface area (Å²) in [5, 5.41) is 4.25. The first-order valence-electron chi connectivity index (χ1n) is 4.43. The summed E-state index contributed by atoms with van der Waals surface area (Å²) >= 11 is 1.70. The van der Waals surface area contributed by atoms with Crippen LogP contribution in [0.4, 0.5) is 0 Å². The van der Waals surface area contributed by atoms with Gasteiger partial charge in [0.05, 0.1) is 5.69 Å². The molecule has 3 heteroatoms. The number of hydrogen-bond acceptors (Lipinski definition) is 2. The maximum absolute atomic E-state index is 10.7. The zero-order valence-electron chi connectivity index (χ0n) is 7.93. The number of carbonyl (C=O) groups is 1. The Morgan fingerprint density at radius 1 is 1.50 bits per heavy atom. The van der Waals surface area contributed by atoms with Gasteiger partial charge in [0.25, 0.3) is 0 Å². The van der Waals surface area contributed by atoms with Gasteiger partial charge >= 0.3 is 0 Å². The minimum atomic E-state index is 0.732. The molecule has 0 atom stereocenters. The number of carbonyl (C=O) groups excluding carboxylic acids is 1. The van der Waals surface area contributed by atoms with E-state index >= 15 is 0 Å². The van der Waals surface area contributed by atoms with E-state index in [1.165, 1.54) is 11.1 Å². The van der Waals surface area contributed by atoms with Crippen molar-refractivity contribution in [3.8, 4) is 0 Å². The highest BCUT2D eigenvalue weighted by atomic mass is 32.1. The summed E-state index contributed by atoms with van der Waals surface area (Å²) in [6, 6.07) is 3.72. The van der Waals surface area contributed by atoms with Gasteiger partial charge in [-0.1, -0.05) is 0 Å². The molecule has 0 unspecified atom stereocenters. The zero-order valence-corrected chi connectivity index (χ0v) is 8.75. The average molecular weight is 205 g/mol. The van der Waals surface area contributed by atoms with E-state index in [1.807, 2.05) is 22.9 Å². The summed E-state index contributed by atoms with van der Waals surface area (Å²) < 4.78 is 1.96. The lowest BCUT2D eigenvalue weighted by molar-refractivity contribution is 0.111. The normalized spacial score (nSPS) is 10.4. The van der Waals surface area contributed by atoms with Gasteiger partial charge in [-0.15, -0.1) is 0 Å². The average Bonchev–Trinajstić information content (AvgIpc) is 2.77. The third kappa shape index (κ3) is 1.63. The van der Waals surface area contributed by atoms with Gasteiger partial charge < -0.3 is 4.57 Å². The van der Waals surface area contributed by atoms with E-state index < -0.39 is 0 Å². The van der Waals surface area contributed by atoms with Crippen LogP contribution in [0.2, 0.25) is 0 Å². The fourth-order valence-electron chi connectivity index (χ4n) is 1.41. The van der Waals surface area contributed by atoms with E-state index in [2.05, 4.69) is 17.7 Å². The summed E-state index contributed by atoms with van der Waals surface area (Å²) in [5.74, 6) is 0. The van der Waals surface area contributed by atoms with Crippen molar-refractivity contribution in [2.75, 3.05) is 0 Å². The quantitative estimate of drug-likeness (QED) is 0.706. The van der Waals surface area contributed by atoms with Gasteiger partial charge in [0.15, 0.2) is 6.29 Å². The summed E-state index contributed by atoms with van der Waals surface area (Å²) in [6.45, 7) is 2.88. The van der Waals surface area contributed by atoms with Crippen LogP contribution < -0.4 is 0 Å². The highest BCUT2D eigenvalue weighted by molar-refractivity contribution is 7.08. The first kappa shape index (κ1) is 9.21. The lowest BCUT2D eigenvalue weighted by atomic mass is 10.2. The molecule has 2 heterocycles. The molecule has 0 radical (unpaired) electrons. The highest BCUT2D eigenvalue weighted by Crippen LogP contribution is 2.15. The molecule has 0 bridgehead atoms. The van der Waals surface area contributed by atoms with E-state index in [1.54, 1.807) is 11.3 Å². The van der Waals surface area contributed by atoms with Crippen molar-refractivity contribution in [2.24, 2.45) is 0 Å². The minimum Gasteiger partial charge on any atom is -0.341 e. The number of aldehydes is 1. The van der Waals surface area contributed by atoms with Gasteiger partial charge in [-0.2, -0.15) is 11.3 Å². The molecular formula is C11H11NOS. The minimum absolute atomic E-state index is 0.732. The van der Waals surface area contributed by atoms with Gasteiger partial charge in [0, 0.05) is 12.7 Å². The van der Waals surface area contributed by atoms with Crippen LogP contribution in [0.1, 0.15) is 21.6 Å². The first-order chi connectivity index (χ1) is 6.81. The molecule has 2 aromatic heterocycles. The number of aromatic nitrogens is 1. The molecule has 2 aromatic rings. The lowest BCUT2D eigenvalue weighted by Crippen LogP contribution is -2.02. The summed E-state index contributed by atoms with van der Waals surface area (Å²) in [5.41, 5.74) is 3.31. The number of nitrogens with zero attached hydrogens (tertiary/aromatic N) is 1. The van der Waals surface area contributed by atoms with Crippen molar-refractivity contribution < 1.29 is 4.79 Å². The second kappa shape index (κ2) is 3.80. The molecule has 0 aliphatic rings. The predicted molar refractivity (Wildman–Crippen MR) is 58.0 cm³/mol. The molecule has 0 aliphatic carbocycles. The molecule has 72 valence electrons. The summed E-state index contributed by atoms with van der Waals surface area (Å²) in [6.07, 6.45) is 2.82. The second-order valence-corrected chi connectivity index (χ2v) is 4.00. The van der Waals surface area contributed by atoms with Crippen LogP contribution >= 0.6 is 11.3 Å². The third-order valence-corrected chi connectivity index (χ3v) is 3.20. The van der Waals surface area contributed by atoms with E-state index in [0.717, 1.165) is 18.5 Å². The molecule has 14 heavy (non-hydrogen) atoms. The maximum Gasteiger partial charge on any atom is 0.166 e. The molecule has 0 fully saturated rings. The standard InChI is InChI=1S/C11H11NOS/c1-9-7-14-8-10(9)5-12-4-2-3-11(12)6-13/h2-4,6-8H,5H2,1H3. The number of rotatable bonds is 3. The molecule has 0 amide bonds. The Balaban J connectivity index is 2.27. The van der Waals surface area contributed by atoms with Crippen LogP contribution in [0.15, 0.2) is 29.1 Å². The van der Waals surface area contributed by atoms with E-state index in [0.29, 0.717) is 0 Å². The Hall–Kier alpha value is -1.35. The lowest BCUT2D eigenvalue weighted by Gasteiger charge is -2.04. The van der Waals surface area contributed by atoms with Gasteiger partial charge in [-0.3, -0.25) is 4.79 Å². The molecule has 0 saturated carbocycles. The van der Waals surface area contributed by atoms with Crippen molar-refractivity contribution in [1.29, 1.82) is 0 Å². The molecule has 0 saturated heterocycles. The van der Waals surface area contributed by atoms with Crippen LogP contribution in [0.5, 0.6) is 0 Å². The van der Waals surface area contributed by atoms with Crippen LogP contribution in [-0.2, 0) is 6.54 Å². The smallest absolute Gasteiger partial charge is 0.166 e. The molecular weight excluding hydrogens is 194 g/mol. The number of aryl methyl sites for hydroxylation is 1. The van der Waals surface area contributed by atoms with Gasteiger partial charge in [-0.05, 0) is 40.9 Å². The Labute approximate surface area is 86.8 Å². The fourth-order valence-corrected chi connectivity index (χ4v) is 2.26. The van der Waals surface area contributed by atoms with Crippen LogP contribution in [0.25, 0.3) is 0 Å². The molecule has 0 N–H and O–H groups in total. The molecule has 2 rings (SSSR count). The van der Waals surface area contributed by atoms with E-state index in [9.17, 15) is 4.79 Å². The van der Waals surface area contributed by atoms with Crippen LogP contribution in [-0.4, -0.2) is 10.9 Å². The monoisotopic (exact) mass is 205 g/mol. The van der Waals surface area contributed by atoms with Crippen molar-refractivity contribution in [1.82, 2.24) is 4.57 Å². The highest BCUT2D eigenvalue weighted by Gasteiger charge is 2.03. The number of hydrogen-bond donors (Lipinski definition) is 0. The van der Waals surface area contributed by atoms with Crippen molar-refractivity contribution in [3.05, 3.63) is 45.9 Å². The Kier molecular flexibility index (Phi) is 2.50. The van der Waals surface area contributed by atoms with Gasteiger partial charge in [0.1, 0.15) is 0 Å². The first-order valence-corrected chi connectivity index (χ1v) is 5.37. The van der Waals surface area contributed by atoms with Crippen molar-refractivity contribution in [3.63, 3.8) is 0 Å². The third-order valence-electron chi connectivity index (χ3n) is 2.29. The zero-order chi connectivity index (χ0) is 9.97. The van der Waals surface area contributed by atoms with Crippen LogP contribution in [0.3, 0.4) is 0 Å². The summed E-state index contributed by atoms with van der Waals surface area (Å²) in [7, 11) is 0. The molecule has 0 aromatic carbocycles. The fraction of sp³-hybridized carbons (Fsp3) is 0.182. The Morgan fingerprint density at radius 2 is 2.36 bits per heavy atom. The molecule has 2 nitrogen and oxygen atoms in total. The molecule has 0 spiro atoms. The SMILES string of the molecule is Cc1cscc1Cn1cccc1C=O. The predicted octanol–water partition coefficient (Wildman–Crippen LogP) is 2.72. The van der Waals surface area contributed by atoms with Crippen molar-refractivity contribution >= 4 is 17.6 Å². The van der Waals surface area contributed by atoms with Gasteiger partial charge in [0.2, 0.25) is 0 Å². The second-order valence-electron chi connectivity index (χ2n) is 3.26. The maximum atomic E-state index is 10.7. The largest absolute Gasteiger partial charge is 0.341 e. The van der Waals surface area contributed by atoms with Crippen molar-refractivity contribution in [2.45, 2.75) is 13.5 Å².